The summed E-state index contributed by atoms with van der Waals surface area (Å²) in [7, 11) is 0. The highest BCUT2D eigenvalue weighted by Gasteiger charge is 2.43. The lowest BCUT2D eigenvalue weighted by Gasteiger charge is -2.38. The van der Waals surface area contributed by atoms with Gasteiger partial charge in [-0.25, -0.2) is 0 Å². The Bertz CT molecular complexity index is 632. The smallest absolute Gasteiger partial charge is 0.126 e. The lowest BCUT2D eigenvalue weighted by atomic mass is 9.86. The first-order valence-corrected chi connectivity index (χ1v) is 6.87. The molecule has 19 heavy (non-hydrogen) atoms. The highest BCUT2D eigenvalue weighted by atomic mass is 16.5. The second kappa shape index (κ2) is 3.95. The first-order chi connectivity index (χ1) is 9.27. The second-order valence-corrected chi connectivity index (χ2v) is 5.63. The zero-order valence-electron chi connectivity index (χ0n) is 10.7. The number of rotatable bonds is 0. The lowest BCUT2D eigenvalue weighted by Crippen LogP contribution is -2.43. The molecule has 0 aliphatic carbocycles. The molecular formula is C16H17NO2. The third-order valence-corrected chi connectivity index (χ3v) is 4.36. The number of benzene rings is 2. The summed E-state index contributed by atoms with van der Waals surface area (Å²) in [5, 5.41) is 16.2. The van der Waals surface area contributed by atoms with E-state index in [0.717, 1.165) is 41.6 Å². The maximum atomic E-state index is 10.6. The quantitative estimate of drug-likeness (QED) is 0.759. The molecule has 3 nitrogen and oxygen atoms in total. The molecule has 0 saturated carbocycles. The van der Waals surface area contributed by atoms with E-state index < -0.39 is 6.10 Å². The van der Waals surface area contributed by atoms with Crippen LogP contribution in [0.15, 0.2) is 36.4 Å². The van der Waals surface area contributed by atoms with E-state index in [4.69, 9.17) is 4.74 Å². The highest BCUT2D eigenvalue weighted by Crippen LogP contribution is 2.45. The summed E-state index contributed by atoms with van der Waals surface area (Å²) in [5.74, 6) is 0.848. The van der Waals surface area contributed by atoms with Crippen LogP contribution in [0.4, 0.5) is 0 Å². The van der Waals surface area contributed by atoms with Crippen molar-refractivity contribution in [3.05, 3.63) is 42.0 Å². The van der Waals surface area contributed by atoms with Gasteiger partial charge in [0.1, 0.15) is 11.4 Å². The van der Waals surface area contributed by atoms with Crippen LogP contribution < -0.4 is 10.1 Å². The van der Waals surface area contributed by atoms with Gasteiger partial charge in [-0.1, -0.05) is 30.3 Å². The van der Waals surface area contributed by atoms with Crippen molar-refractivity contribution >= 4 is 10.8 Å². The van der Waals surface area contributed by atoms with Crippen molar-refractivity contribution in [2.24, 2.45) is 0 Å². The van der Waals surface area contributed by atoms with Crippen molar-refractivity contribution in [1.82, 2.24) is 5.32 Å². The molecule has 2 N–H and O–H groups in total. The molecule has 2 aliphatic heterocycles. The predicted molar refractivity (Wildman–Crippen MR) is 74.4 cm³/mol. The van der Waals surface area contributed by atoms with E-state index in [-0.39, 0.29) is 5.60 Å². The maximum absolute atomic E-state index is 10.6. The Balaban J connectivity index is 1.89. The molecule has 0 radical (unpaired) electrons. The third-order valence-electron chi connectivity index (χ3n) is 4.36. The first-order valence-electron chi connectivity index (χ1n) is 6.87. The Labute approximate surface area is 112 Å². The van der Waals surface area contributed by atoms with Gasteiger partial charge in [-0.15, -0.1) is 0 Å². The van der Waals surface area contributed by atoms with E-state index in [2.05, 4.69) is 23.5 Å². The molecule has 2 aromatic carbocycles. The Kier molecular flexibility index (Phi) is 2.34. The van der Waals surface area contributed by atoms with Crippen LogP contribution in [0.2, 0.25) is 0 Å². The van der Waals surface area contributed by atoms with Crippen molar-refractivity contribution in [2.75, 3.05) is 13.1 Å². The van der Waals surface area contributed by atoms with Crippen LogP contribution in [0.25, 0.3) is 10.8 Å². The third kappa shape index (κ3) is 1.66. The van der Waals surface area contributed by atoms with Gasteiger partial charge in [-0.2, -0.15) is 0 Å². The molecule has 98 valence electrons. The van der Waals surface area contributed by atoms with E-state index >= 15 is 0 Å². The van der Waals surface area contributed by atoms with Crippen molar-refractivity contribution in [3.63, 3.8) is 0 Å². The first kappa shape index (κ1) is 11.3. The number of hydrogen-bond acceptors (Lipinski definition) is 3. The lowest BCUT2D eigenvalue weighted by molar-refractivity contribution is 0.000732. The predicted octanol–water partition coefficient (Wildman–Crippen LogP) is 2.39. The van der Waals surface area contributed by atoms with Crippen molar-refractivity contribution < 1.29 is 9.84 Å². The molecule has 0 aromatic heterocycles. The normalized spacial score (nSPS) is 29.4. The van der Waals surface area contributed by atoms with Crippen LogP contribution >= 0.6 is 0 Å². The number of aliphatic hydroxyl groups excluding tert-OH is 1. The van der Waals surface area contributed by atoms with E-state index in [1.54, 1.807) is 0 Å². The van der Waals surface area contributed by atoms with Gasteiger partial charge in [0.2, 0.25) is 0 Å². The molecule has 0 bridgehead atoms. The van der Waals surface area contributed by atoms with Crippen molar-refractivity contribution in [2.45, 2.75) is 24.5 Å². The van der Waals surface area contributed by atoms with Gasteiger partial charge in [0.05, 0.1) is 6.10 Å². The molecule has 2 heterocycles. The molecule has 2 unspecified atom stereocenters. The van der Waals surface area contributed by atoms with E-state index in [1.807, 2.05) is 18.2 Å². The Morgan fingerprint density at radius 3 is 2.95 bits per heavy atom. The van der Waals surface area contributed by atoms with Crippen molar-refractivity contribution in [3.8, 4) is 5.75 Å². The number of hydrogen-bond donors (Lipinski definition) is 2. The Morgan fingerprint density at radius 2 is 2.11 bits per heavy atom. The molecule has 1 spiro atoms. The molecule has 1 saturated heterocycles. The number of ether oxygens (including phenoxy) is 1. The van der Waals surface area contributed by atoms with E-state index in [0.29, 0.717) is 6.42 Å². The van der Waals surface area contributed by atoms with Crippen LogP contribution in [-0.2, 0) is 0 Å². The molecule has 2 aliphatic rings. The zero-order chi connectivity index (χ0) is 12.9. The topological polar surface area (TPSA) is 41.5 Å². The Morgan fingerprint density at radius 1 is 1.21 bits per heavy atom. The zero-order valence-corrected chi connectivity index (χ0v) is 10.7. The van der Waals surface area contributed by atoms with Crippen LogP contribution in [-0.4, -0.2) is 23.8 Å². The number of nitrogens with one attached hydrogen (secondary N) is 1. The SMILES string of the molecule is OC1CC2(CCNC2)Oc2ccc3ccccc3c21. The van der Waals surface area contributed by atoms with Gasteiger partial charge >= 0.3 is 0 Å². The summed E-state index contributed by atoms with van der Waals surface area (Å²) in [5.41, 5.74) is 0.741. The molecule has 0 amide bonds. The van der Waals surface area contributed by atoms with Gasteiger partial charge in [-0.3, -0.25) is 0 Å². The fourth-order valence-corrected chi connectivity index (χ4v) is 3.42. The summed E-state index contributed by atoms with van der Waals surface area (Å²) in [6, 6.07) is 12.2. The average molecular weight is 255 g/mol. The molecular weight excluding hydrogens is 238 g/mol. The summed E-state index contributed by atoms with van der Waals surface area (Å²) in [4.78, 5) is 0. The van der Waals surface area contributed by atoms with Gasteiger partial charge < -0.3 is 15.2 Å². The minimum atomic E-state index is -0.435. The van der Waals surface area contributed by atoms with Crippen LogP contribution in [0.1, 0.15) is 24.5 Å². The van der Waals surface area contributed by atoms with Gasteiger partial charge in [0.25, 0.3) is 0 Å². The fraction of sp³-hybridized carbons (Fsp3) is 0.375. The van der Waals surface area contributed by atoms with Crippen LogP contribution in [0, 0.1) is 0 Å². The van der Waals surface area contributed by atoms with Gasteiger partial charge in [-0.05, 0) is 23.4 Å². The van der Waals surface area contributed by atoms with Crippen LogP contribution in [0.5, 0.6) is 5.75 Å². The average Bonchev–Trinajstić information content (AvgIpc) is 2.85. The van der Waals surface area contributed by atoms with Crippen LogP contribution in [0.3, 0.4) is 0 Å². The fourth-order valence-electron chi connectivity index (χ4n) is 3.42. The molecule has 2 aromatic rings. The van der Waals surface area contributed by atoms with Gasteiger partial charge in [0, 0.05) is 24.9 Å². The van der Waals surface area contributed by atoms with Crippen molar-refractivity contribution in [1.29, 1.82) is 0 Å². The highest BCUT2D eigenvalue weighted by molar-refractivity contribution is 5.88. The molecule has 4 rings (SSSR count). The van der Waals surface area contributed by atoms with E-state index in [9.17, 15) is 5.11 Å². The standard InChI is InChI=1S/C16H17NO2/c18-13-9-16(7-8-17-10-16)19-14-6-5-11-3-1-2-4-12(11)15(13)14/h1-6,13,17-18H,7-10H2. The minimum absolute atomic E-state index is 0.213. The summed E-state index contributed by atoms with van der Waals surface area (Å²) >= 11 is 0. The number of fused-ring (bicyclic) bond motifs is 3. The number of aliphatic hydroxyl groups is 1. The summed E-state index contributed by atoms with van der Waals surface area (Å²) in [6.07, 6.45) is 1.21. The maximum Gasteiger partial charge on any atom is 0.126 e. The second-order valence-electron chi connectivity index (χ2n) is 5.63. The molecule has 2 atom stereocenters. The van der Waals surface area contributed by atoms with Gasteiger partial charge in [0.15, 0.2) is 0 Å². The summed E-state index contributed by atoms with van der Waals surface area (Å²) < 4.78 is 6.24. The summed E-state index contributed by atoms with van der Waals surface area (Å²) in [6.45, 7) is 1.80. The van der Waals surface area contributed by atoms with E-state index in [1.165, 1.54) is 0 Å². The molecule has 1 fully saturated rings. The monoisotopic (exact) mass is 255 g/mol. The molecule has 3 heteroatoms. The Hall–Kier alpha value is -1.58. The minimum Gasteiger partial charge on any atom is -0.485 e. The largest absolute Gasteiger partial charge is 0.485 e.